The molecule has 0 atom stereocenters. The number of halogens is 2. The van der Waals surface area contributed by atoms with Crippen LogP contribution in [0.1, 0.15) is 134 Å². The Balaban J connectivity index is 0.000000253. The number of allylic oxidation sites excluding steroid dienone is 4. The number of hydrogen-bond donors (Lipinski definition) is 0. The molecule has 42 heavy (non-hydrogen) atoms. The first-order valence-electron chi connectivity index (χ1n) is 16.0. The van der Waals surface area contributed by atoms with Gasteiger partial charge in [0.05, 0.1) is 0 Å². The maximum absolute atomic E-state index is 3.67. The Morgan fingerprint density at radius 1 is 0.786 bits per heavy atom. The van der Waals surface area contributed by atoms with E-state index in [0.717, 1.165) is 24.7 Å². The van der Waals surface area contributed by atoms with Crippen molar-refractivity contribution in [1.82, 2.24) is 0 Å². The van der Waals surface area contributed by atoms with Crippen LogP contribution in [0.2, 0.25) is 0 Å². The second kappa shape index (κ2) is 17.1. The van der Waals surface area contributed by atoms with Crippen LogP contribution in [0, 0.1) is 24.0 Å². The molecule has 0 aromatic heterocycles. The minimum absolute atomic E-state index is 0. The van der Waals surface area contributed by atoms with E-state index >= 15 is 0 Å². The third-order valence-corrected chi connectivity index (χ3v) is 10.1. The summed E-state index contributed by atoms with van der Waals surface area (Å²) in [6.07, 6.45) is 26.2. The molecule has 0 spiro atoms. The second-order valence-corrected chi connectivity index (χ2v) is 16.4. The topological polar surface area (TPSA) is 0 Å². The molecule has 2 aromatic carbocycles. The molecule has 0 unspecified atom stereocenters. The van der Waals surface area contributed by atoms with Gasteiger partial charge in [-0.15, -0.1) is 17.5 Å². The number of rotatable bonds is 4. The van der Waals surface area contributed by atoms with Crippen molar-refractivity contribution < 1.29 is 49.0 Å². The Morgan fingerprint density at radius 2 is 1.36 bits per heavy atom. The van der Waals surface area contributed by atoms with Crippen LogP contribution >= 0.6 is 0 Å². The van der Waals surface area contributed by atoms with Gasteiger partial charge in [0.1, 0.15) is 0 Å². The Morgan fingerprint density at radius 3 is 1.81 bits per heavy atom. The first kappa shape index (κ1) is 37.4. The predicted molar refractivity (Wildman–Crippen MR) is 171 cm³/mol. The van der Waals surface area contributed by atoms with Crippen molar-refractivity contribution in [3.05, 3.63) is 83.0 Å². The first-order chi connectivity index (χ1) is 19.0. The summed E-state index contributed by atoms with van der Waals surface area (Å²) in [7, 11) is 0. The molecule has 0 N–H and O–H groups in total. The van der Waals surface area contributed by atoms with Crippen LogP contribution in [0.3, 0.4) is 0 Å². The molecule has 2 fully saturated rings. The van der Waals surface area contributed by atoms with Crippen molar-refractivity contribution in [3.63, 3.8) is 0 Å². The van der Waals surface area contributed by atoms with E-state index in [4.69, 9.17) is 0 Å². The molecule has 2 saturated carbocycles. The SMILES string of the molecule is CC(C)(C)c1[c-]c2c(cc1)-c1ccc(C(C)(C)C)cc1C2.[C-]1=CC=CC1.[Cl-].[Cl-].[Zr+2]=[C](CC1CCCC1)CC1CCCC1. The van der Waals surface area contributed by atoms with Crippen molar-refractivity contribution in [2.75, 3.05) is 0 Å². The van der Waals surface area contributed by atoms with E-state index in [1.54, 1.807) is 24.2 Å². The summed E-state index contributed by atoms with van der Waals surface area (Å²) >= 11 is 1.74. The van der Waals surface area contributed by atoms with Gasteiger partial charge < -0.3 is 24.8 Å². The summed E-state index contributed by atoms with van der Waals surface area (Å²) in [5.74, 6) is 2.18. The zero-order valence-electron chi connectivity index (χ0n) is 27.0. The Kier molecular flexibility index (Phi) is 15.2. The monoisotopic (exact) mass is 680 g/mol. The van der Waals surface area contributed by atoms with Crippen molar-refractivity contribution in [1.29, 1.82) is 0 Å². The molecular weight excluding hydrogens is 631 g/mol. The third-order valence-electron chi connectivity index (χ3n) is 9.07. The molecule has 228 valence electrons. The second-order valence-electron chi connectivity index (χ2n) is 14.6. The first-order valence-corrected chi connectivity index (χ1v) is 17.2. The molecule has 0 heterocycles. The van der Waals surface area contributed by atoms with E-state index in [-0.39, 0.29) is 35.6 Å². The van der Waals surface area contributed by atoms with Gasteiger partial charge in [0, 0.05) is 0 Å². The van der Waals surface area contributed by atoms with E-state index in [9.17, 15) is 0 Å². The van der Waals surface area contributed by atoms with Gasteiger partial charge in [-0.1, -0.05) is 65.3 Å². The average molecular weight is 683 g/mol. The van der Waals surface area contributed by atoms with E-state index in [2.05, 4.69) is 90.1 Å². The Hall–Kier alpha value is -0.747. The van der Waals surface area contributed by atoms with Gasteiger partial charge in [-0.3, -0.25) is 6.08 Å². The van der Waals surface area contributed by atoms with Crippen molar-refractivity contribution in [2.45, 2.75) is 129 Å². The van der Waals surface area contributed by atoms with E-state index in [1.807, 2.05) is 15.4 Å². The molecule has 0 amide bonds. The molecule has 0 aliphatic heterocycles. The quantitative estimate of drug-likeness (QED) is 0.346. The average Bonchev–Trinajstić information content (AvgIpc) is 3.71. The zero-order chi connectivity index (χ0) is 28.8. The van der Waals surface area contributed by atoms with Gasteiger partial charge in [0.15, 0.2) is 0 Å². The molecule has 6 rings (SSSR count). The summed E-state index contributed by atoms with van der Waals surface area (Å²) in [4.78, 5) is 0. The van der Waals surface area contributed by atoms with E-state index in [0.29, 0.717) is 0 Å². The molecule has 4 aliphatic carbocycles. The third kappa shape index (κ3) is 11.0. The Bertz CT molecular complexity index is 1100. The van der Waals surface area contributed by atoms with Gasteiger partial charge in [0.25, 0.3) is 0 Å². The van der Waals surface area contributed by atoms with E-state index in [1.165, 1.54) is 97.6 Å². The molecule has 2 aromatic rings. The Labute approximate surface area is 285 Å². The standard InChI is InChI=1S/C21H25.C13H22.C5H5.2ClH.Zr/c1-20(2,3)16-7-9-18-14(12-16)11-15-13-17(21(4,5)6)8-10-19(15)18;1-2-7-12(6-1)10-5-11-13-8-3-4-9-13;1-2-4-5-3-1;;;/h7-10,12H,11H2,1-6H3;12-13H,1-4,6-11H2;1-3H,4H2;2*1H;/q-1;;-1;;;+2/p-2. The summed E-state index contributed by atoms with van der Waals surface area (Å²) < 4.78 is 1.90. The van der Waals surface area contributed by atoms with Crippen LogP contribution in [0.25, 0.3) is 11.1 Å². The maximum atomic E-state index is 3.67. The van der Waals surface area contributed by atoms with Crippen LogP contribution in [-0.2, 0) is 41.5 Å². The molecule has 4 aliphatic rings. The molecule has 3 heteroatoms. The van der Waals surface area contributed by atoms with Gasteiger partial charge in [-0.05, 0) is 28.4 Å². The van der Waals surface area contributed by atoms with Crippen LogP contribution in [0.5, 0.6) is 0 Å². The molecule has 0 bridgehead atoms. The van der Waals surface area contributed by atoms with Gasteiger partial charge in [-0.2, -0.15) is 29.8 Å². The fraction of sp³-hybridized carbons (Fsp3) is 0.564. The molecule has 0 nitrogen and oxygen atoms in total. The number of hydrogen-bond acceptors (Lipinski definition) is 0. The molecule has 0 saturated heterocycles. The predicted octanol–water partition coefficient (Wildman–Crippen LogP) is 4.83. The molecule has 0 radical (unpaired) electrons. The summed E-state index contributed by atoms with van der Waals surface area (Å²) in [6, 6.07) is 15.2. The van der Waals surface area contributed by atoms with Crippen LogP contribution in [0.4, 0.5) is 0 Å². The fourth-order valence-electron chi connectivity index (χ4n) is 6.58. The summed E-state index contributed by atoms with van der Waals surface area (Å²) in [6.45, 7) is 13.6. The normalized spacial score (nSPS) is 17.3. The van der Waals surface area contributed by atoms with Crippen LogP contribution in [0.15, 0.2) is 48.6 Å². The van der Waals surface area contributed by atoms with Gasteiger partial charge in [0.2, 0.25) is 0 Å². The van der Waals surface area contributed by atoms with E-state index < -0.39 is 0 Å². The fourth-order valence-corrected chi connectivity index (χ4v) is 8.00. The van der Waals surface area contributed by atoms with Crippen LogP contribution < -0.4 is 24.8 Å². The zero-order valence-corrected chi connectivity index (χ0v) is 31.0. The molecular formula is C39H52Cl2Zr-2. The van der Waals surface area contributed by atoms with Gasteiger partial charge >= 0.3 is 103 Å². The van der Waals surface area contributed by atoms with Gasteiger partial charge in [-0.25, -0.2) is 12.2 Å². The van der Waals surface area contributed by atoms with Crippen molar-refractivity contribution in [2.24, 2.45) is 11.8 Å². The van der Waals surface area contributed by atoms with Crippen molar-refractivity contribution >= 4 is 3.21 Å². The van der Waals surface area contributed by atoms with Crippen LogP contribution in [-0.4, -0.2) is 3.21 Å². The summed E-state index contributed by atoms with van der Waals surface area (Å²) in [5, 5.41) is 0. The minimum atomic E-state index is 0. The van der Waals surface area contributed by atoms with Crippen molar-refractivity contribution in [3.8, 4) is 11.1 Å². The number of fused-ring (bicyclic) bond motifs is 3. The number of benzene rings is 2. The summed E-state index contributed by atoms with van der Waals surface area (Å²) in [5.41, 5.74) is 8.70.